The lowest BCUT2D eigenvalue weighted by molar-refractivity contribution is 0.406. The summed E-state index contributed by atoms with van der Waals surface area (Å²) in [6.07, 6.45) is 7.51. The summed E-state index contributed by atoms with van der Waals surface area (Å²) in [7, 11) is 0. The van der Waals surface area contributed by atoms with E-state index in [2.05, 4.69) is 5.32 Å². The second-order valence-electron chi connectivity index (χ2n) is 6.09. The van der Waals surface area contributed by atoms with Gasteiger partial charge in [0.05, 0.1) is 16.4 Å². The lowest BCUT2D eigenvalue weighted by Crippen LogP contribution is -2.12. The minimum Gasteiger partial charge on any atom is -0.370 e. The first-order chi connectivity index (χ1) is 10.3. The average molecular weight is 302 g/mol. The van der Waals surface area contributed by atoms with Gasteiger partial charge >= 0.3 is 0 Å². The van der Waals surface area contributed by atoms with Gasteiger partial charge in [-0.25, -0.2) is 4.68 Å². The molecule has 2 aliphatic rings. The molecule has 2 heterocycles. The third-order valence-corrected chi connectivity index (χ3v) is 5.05. The molecular formula is C17H20ClN3. The summed E-state index contributed by atoms with van der Waals surface area (Å²) in [6.45, 7) is 1.02. The maximum Gasteiger partial charge on any atom is 0.133 e. The maximum absolute atomic E-state index is 6.39. The van der Waals surface area contributed by atoms with Crippen LogP contribution in [0.2, 0.25) is 5.02 Å². The fraction of sp³-hybridized carbons (Fsp3) is 0.471. The minimum atomic E-state index is 0.655. The Balaban J connectivity index is 1.87. The van der Waals surface area contributed by atoms with Crippen LogP contribution in [-0.4, -0.2) is 16.3 Å². The molecule has 2 aromatic rings. The van der Waals surface area contributed by atoms with E-state index < -0.39 is 0 Å². The third kappa shape index (κ3) is 2.24. The average Bonchev–Trinajstić information content (AvgIpc) is 2.63. The van der Waals surface area contributed by atoms with Crippen LogP contribution in [0.15, 0.2) is 24.3 Å². The first-order valence-electron chi connectivity index (χ1n) is 7.95. The summed E-state index contributed by atoms with van der Waals surface area (Å²) in [4.78, 5) is 0. The highest BCUT2D eigenvalue weighted by Gasteiger charge is 2.29. The fourth-order valence-corrected chi connectivity index (χ4v) is 3.55. The van der Waals surface area contributed by atoms with E-state index in [1.807, 2.05) is 28.9 Å². The van der Waals surface area contributed by atoms with Crippen LogP contribution in [0.5, 0.6) is 0 Å². The van der Waals surface area contributed by atoms with Gasteiger partial charge < -0.3 is 5.32 Å². The normalized spacial score (nSPS) is 18.5. The molecule has 1 aliphatic carbocycles. The molecule has 21 heavy (non-hydrogen) atoms. The molecule has 0 saturated heterocycles. The maximum atomic E-state index is 6.39. The molecular weight excluding hydrogens is 282 g/mol. The number of benzene rings is 1. The Morgan fingerprint density at radius 2 is 2.00 bits per heavy atom. The number of anilines is 1. The Hall–Kier alpha value is -1.48. The Labute approximate surface area is 130 Å². The number of rotatable bonds is 2. The van der Waals surface area contributed by atoms with Gasteiger partial charge in [0.1, 0.15) is 5.82 Å². The molecule has 0 spiro atoms. The van der Waals surface area contributed by atoms with Crippen molar-refractivity contribution in [1.29, 1.82) is 0 Å². The second-order valence-corrected chi connectivity index (χ2v) is 6.49. The van der Waals surface area contributed by atoms with Crippen LogP contribution < -0.4 is 5.32 Å². The fourth-order valence-electron chi connectivity index (χ4n) is 3.34. The van der Waals surface area contributed by atoms with Gasteiger partial charge in [-0.15, -0.1) is 0 Å². The van der Waals surface area contributed by atoms with Crippen molar-refractivity contribution < 1.29 is 0 Å². The van der Waals surface area contributed by atoms with Crippen molar-refractivity contribution >= 4 is 17.4 Å². The lowest BCUT2D eigenvalue weighted by Gasteiger charge is -2.24. The van der Waals surface area contributed by atoms with Crippen LogP contribution in [0.4, 0.5) is 5.82 Å². The topological polar surface area (TPSA) is 29.9 Å². The summed E-state index contributed by atoms with van der Waals surface area (Å²) in [5, 5.41) is 9.30. The third-order valence-electron chi connectivity index (χ3n) is 4.73. The SMILES string of the molecule is Clc1ccccc1-n1nc(C2CCC2)c2c1NCCCC2. The minimum absolute atomic E-state index is 0.655. The molecule has 1 aromatic heterocycles. The molecule has 1 aliphatic heterocycles. The number of fused-ring (bicyclic) bond motifs is 1. The molecule has 0 radical (unpaired) electrons. The van der Waals surface area contributed by atoms with Gasteiger partial charge in [-0.05, 0) is 44.2 Å². The number of hydrogen-bond donors (Lipinski definition) is 1. The van der Waals surface area contributed by atoms with Crippen molar-refractivity contribution in [2.75, 3.05) is 11.9 Å². The van der Waals surface area contributed by atoms with E-state index in [-0.39, 0.29) is 0 Å². The molecule has 0 unspecified atom stereocenters. The molecule has 3 nitrogen and oxygen atoms in total. The van der Waals surface area contributed by atoms with E-state index >= 15 is 0 Å². The van der Waals surface area contributed by atoms with Crippen LogP contribution in [-0.2, 0) is 6.42 Å². The zero-order valence-electron chi connectivity index (χ0n) is 12.1. The first-order valence-corrected chi connectivity index (χ1v) is 8.33. The van der Waals surface area contributed by atoms with Gasteiger partial charge in [-0.3, -0.25) is 0 Å². The number of aromatic nitrogens is 2. The van der Waals surface area contributed by atoms with Crippen LogP contribution in [0.1, 0.15) is 49.3 Å². The molecule has 1 fully saturated rings. The highest BCUT2D eigenvalue weighted by molar-refractivity contribution is 6.32. The summed E-state index contributed by atoms with van der Waals surface area (Å²) >= 11 is 6.39. The largest absolute Gasteiger partial charge is 0.370 e. The van der Waals surface area contributed by atoms with Gasteiger partial charge in [-0.1, -0.05) is 30.2 Å². The molecule has 1 N–H and O–H groups in total. The van der Waals surface area contributed by atoms with Crippen molar-refractivity contribution in [3.63, 3.8) is 0 Å². The van der Waals surface area contributed by atoms with Crippen LogP contribution in [0.25, 0.3) is 5.69 Å². The van der Waals surface area contributed by atoms with E-state index in [1.54, 1.807) is 0 Å². The summed E-state index contributed by atoms with van der Waals surface area (Å²) < 4.78 is 2.04. The molecule has 0 amide bonds. The zero-order valence-corrected chi connectivity index (χ0v) is 12.9. The van der Waals surface area contributed by atoms with E-state index in [9.17, 15) is 0 Å². The lowest BCUT2D eigenvalue weighted by atomic mass is 9.81. The van der Waals surface area contributed by atoms with Gasteiger partial charge in [0, 0.05) is 18.0 Å². The van der Waals surface area contributed by atoms with E-state index in [1.165, 1.54) is 49.2 Å². The Kier molecular flexibility index (Phi) is 3.38. The summed E-state index contributed by atoms with van der Waals surface area (Å²) in [6, 6.07) is 7.97. The predicted molar refractivity (Wildman–Crippen MR) is 86.6 cm³/mol. The molecule has 0 atom stereocenters. The molecule has 0 bridgehead atoms. The van der Waals surface area contributed by atoms with Gasteiger partial charge in [-0.2, -0.15) is 5.10 Å². The van der Waals surface area contributed by atoms with E-state index in [0.29, 0.717) is 5.92 Å². The Morgan fingerprint density at radius 1 is 1.14 bits per heavy atom. The van der Waals surface area contributed by atoms with Gasteiger partial charge in [0.15, 0.2) is 0 Å². The van der Waals surface area contributed by atoms with Crippen molar-refractivity contribution in [2.45, 2.75) is 44.4 Å². The highest BCUT2D eigenvalue weighted by atomic mass is 35.5. The van der Waals surface area contributed by atoms with Crippen LogP contribution in [0.3, 0.4) is 0 Å². The quantitative estimate of drug-likeness (QED) is 0.882. The van der Waals surface area contributed by atoms with E-state index in [4.69, 9.17) is 16.7 Å². The summed E-state index contributed by atoms with van der Waals surface area (Å²) in [5.74, 6) is 1.82. The standard InChI is InChI=1S/C17H20ClN3/c18-14-9-1-2-10-15(14)21-17-13(8-3-4-11-19-17)16(20-21)12-6-5-7-12/h1-2,9-10,12,19H,3-8,11H2. The highest BCUT2D eigenvalue weighted by Crippen LogP contribution is 2.41. The number of halogens is 1. The van der Waals surface area contributed by atoms with Crippen molar-refractivity contribution in [3.8, 4) is 5.69 Å². The Morgan fingerprint density at radius 3 is 2.76 bits per heavy atom. The zero-order chi connectivity index (χ0) is 14.2. The number of para-hydroxylation sites is 1. The van der Waals surface area contributed by atoms with Gasteiger partial charge in [0.2, 0.25) is 0 Å². The van der Waals surface area contributed by atoms with Crippen molar-refractivity contribution in [3.05, 3.63) is 40.5 Å². The molecule has 4 rings (SSSR count). The van der Waals surface area contributed by atoms with Gasteiger partial charge in [0.25, 0.3) is 0 Å². The molecule has 1 aromatic carbocycles. The molecule has 4 heteroatoms. The smallest absolute Gasteiger partial charge is 0.133 e. The van der Waals surface area contributed by atoms with Crippen LogP contribution in [0, 0.1) is 0 Å². The Bertz CT molecular complexity index is 658. The number of nitrogens with zero attached hydrogens (tertiary/aromatic N) is 2. The number of hydrogen-bond acceptors (Lipinski definition) is 2. The predicted octanol–water partition coefficient (Wildman–Crippen LogP) is 4.54. The van der Waals surface area contributed by atoms with E-state index in [0.717, 1.165) is 23.7 Å². The summed E-state index contributed by atoms with van der Waals surface area (Å²) in [5.41, 5.74) is 3.72. The van der Waals surface area contributed by atoms with Crippen molar-refractivity contribution in [2.24, 2.45) is 0 Å². The number of nitrogens with one attached hydrogen (secondary N) is 1. The van der Waals surface area contributed by atoms with Crippen LogP contribution >= 0.6 is 11.6 Å². The first kappa shape index (κ1) is 13.2. The molecule has 110 valence electrons. The second kappa shape index (κ2) is 5.38. The van der Waals surface area contributed by atoms with Crippen molar-refractivity contribution in [1.82, 2.24) is 9.78 Å². The monoisotopic (exact) mass is 301 g/mol. The molecule has 1 saturated carbocycles.